The summed E-state index contributed by atoms with van der Waals surface area (Å²) in [7, 11) is 0. The third kappa shape index (κ3) is 3.13. The summed E-state index contributed by atoms with van der Waals surface area (Å²) >= 11 is 13.5. The van der Waals surface area contributed by atoms with Crippen molar-refractivity contribution < 1.29 is 4.79 Å². The molecule has 15 heavy (non-hydrogen) atoms. The molecule has 0 N–H and O–H groups in total. The summed E-state index contributed by atoms with van der Waals surface area (Å²) < 4.78 is 0. The van der Waals surface area contributed by atoms with Crippen LogP contribution in [-0.4, -0.2) is 11.0 Å². The van der Waals surface area contributed by atoms with E-state index in [1.807, 2.05) is 12.1 Å². The molecular formula is C11H10Cl2OS. The Morgan fingerprint density at radius 2 is 1.87 bits per heavy atom. The van der Waals surface area contributed by atoms with Gasteiger partial charge in [0, 0.05) is 33.0 Å². The minimum atomic E-state index is 0.362. The average molecular weight is 261 g/mol. The van der Waals surface area contributed by atoms with E-state index in [1.54, 1.807) is 17.8 Å². The largest absolute Gasteiger partial charge is 0.300 e. The first-order chi connectivity index (χ1) is 7.13. The molecule has 1 aliphatic rings. The van der Waals surface area contributed by atoms with Crippen molar-refractivity contribution in [2.75, 3.05) is 0 Å². The first-order valence-electron chi connectivity index (χ1n) is 4.78. The summed E-state index contributed by atoms with van der Waals surface area (Å²) in [5, 5.41) is 1.69. The lowest BCUT2D eigenvalue weighted by molar-refractivity contribution is -0.117. The predicted octanol–water partition coefficient (Wildman–Crippen LogP) is 4.21. The molecule has 1 unspecified atom stereocenters. The molecule has 1 aliphatic carbocycles. The average Bonchev–Trinajstić information content (AvgIpc) is 2.49. The molecule has 1 nitrogen and oxygen atoms in total. The summed E-state index contributed by atoms with van der Waals surface area (Å²) in [5.41, 5.74) is 0. The van der Waals surface area contributed by atoms with Gasteiger partial charge in [0.2, 0.25) is 0 Å². The highest BCUT2D eigenvalue weighted by atomic mass is 35.5. The molecule has 1 saturated carbocycles. The molecule has 0 aliphatic heterocycles. The van der Waals surface area contributed by atoms with E-state index in [2.05, 4.69) is 0 Å². The smallest absolute Gasteiger partial charge is 0.134 e. The van der Waals surface area contributed by atoms with E-state index in [0.717, 1.165) is 11.3 Å². The second-order valence-corrected chi connectivity index (χ2v) is 5.87. The second kappa shape index (κ2) is 4.77. The van der Waals surface area contributed by atoms with Crippen molar-refractivity contribution in [1.29, 1.82) is 0 Å². The van der Waals surface area contributed by atoms with Crippen LogP contribution in [0.1, 0.15) is 19.3 Å². The number of hydrogen-bond acceptors (Lipinski definition) is 2. The Balaban J connectivity index is 2.07. The Morgan fingerprint density at radius 3 is 2.40 bits per heavy atom. The van der Waals surface area contributed by atoms with Crippen LogP contribution in [0, 0.1) is 0 Å². The van der Waals surface area contributed by atoms with E-state index in [0.29, 0.717) is 33.9 Å². The van der Waals surface area contributed by atoms with E-state index in [-0.39, 0.29) is 0 Å². The fraction of sp³-hybridized carbons (Fsp3) is 0.364. The standard InChI is InChI=1S/C11H10Cl2OS/c12-7-3-8(13)5-11(4-7)15-10-2-1-9(14)6-10/h3-5,10H,1-2,6H2. The number of carbonyl (C=O) groups excluding carboxylic acids is 1. The number of benzene rings is 1. The number of Topliss-reactive ketones (excluding diaryl/α,β-unsaturated/α-hetero) is 1. The van der Waals surface area contributed by atoms with Gasteiger partial charge < -0.3 is 0 Å². The second-order valence-electron chi connectivity index (χ2n) is 3.63. The molecule has 0 saturated heterocycles. The van der Waals surface area contributed by atoms with Crippen LogP contribution in [0.4, 0.5) is 0 Å². The van der Waals surface area contributed by atoms with Crippen molar-refractivity contribution in [3.63, 3.8) is 0 Å². The zero-order valence-electron chi connectivity index (χ0n) is 8.00. The van der Waals surface area contributed by atoms with E-state index < -0.39 is 0 Å². The van der Waals surface area contributed by atoms with Crippen molar-refractivity contribution in [2.24, 2.45) is 0 Å². The van der Waals surface area contributed by atoms with Gasteiger partial charge in [-0.1, -0.05) is 23.2 Å². The van der Waals surface area contributed by atoms with Gasteiger partial charge in [-0.25, -0.2) is 0 Å². The number of rotatable bonds is 2. The summed E-state index contributed by atoms with van der Waals surface area (Å²) in [5.74, 6) is 0.362. The van der Waals surface area contributed by atoms with E-state index in [4.69, 9.17) is 23.2 Å². The lowest BCUT2D eigenvalue weighted by Crippen LogP contribution is -1.95. The van der Waals surface area contributed by atoms with Gasteiger partial charge in [0.15, 0.2) is 0 Å². The topological polar surface area (TPSA) is 17.1 Å². The lowest BCUT2D eigenvalue weighted by Gasteiger charge is -2.08. The molecule has 0 radical (unpaired) electrons. The van der Waals surface area contributed by atoms with Crippen LogP contribution in [0.15, 0.2) is 23.1 Å². The van der Waals surface area contributed by atoms with Gasteiger partial charge in [0.05, 0.1) is 0 Å². The molecule has 1 aromatic rings. The van der Waals surface area contributed by atoms with Crippen LogP contribution in [0.3, 0.4) is 0 Å². The molecule has 0 spiro atoms. The Morgan fingerprint density at radius 1 is 1.20 bits per heavy atom. The first kappa shape index (κ1) is 11.3. The first-order valence-corrected chi connectivity index (χ1v) is 6.41. The van der Waals surface area contributed by atoms with Crippen LogP contribution >= 0.6 is 35.0 Å². The monoisotopic (exact) mass is 260 g/mol. The number of thioether (sulfide) groups is 1. The van der Waals surface area contributed by atoms with E-state index in [9.17, 15) is 4.79 Å². The molecule has 0 aromatic heterocycles. The van der Waals surface area contributed by atoms with Crippen molar-refractivity contribution in [3.8, 4) is 0 Å². The van der Waals surface area contributed by atoms with Crippen molar-refractivity contribution in [1.82, 2.24) is 0 Å². The third-order valence-corrected chi connectivity index (χ3v) is 4.02. The van der Waals surface area contributed by atoms with Gasteiger partial charge in [-0.3, -0.25) is 4.79 Å². The fourth-order valence-electron chi connectivity index (χ4n) is 1.67. The normalized spacial score (nSPS) is 20.9. The maximum Gasteiger partial charge on any atom is 0.134 e. The fourth-order valence-corrected chi connectivity index (χ4v) is 3.60. The number of hydrogen-bond donors (Lipinski definition) is 0. The maximum atomic E-state index is 11.1. The highest BCUT2D eigenvalue weighted by molar-refractivity contribution is 8.00. The minimum Gasteiger partial charge on any atom is -0.300 e. The molecule has 0 amide bonds. The van der Waals surface area contributed by atoms with Crippen LogP contribution in [0.5, 0.6) is 0 Å². The highest BCUT2D eigenvalue weighted by Gasteiger charge is 2.22. The molecule has 1 aromatic carbocycles. The quantitative estimate of drug-likeness (QED) is 0.793. The summed E-state index contributed by atoms with van der Waals surface area (Å²) in [6.45, 7) is 0. The molecular weight excluding hydrogens is 251 g/mol. The third-order valence-electron chi connectivity index (χ3n) is 2.34. The van der Waals surface area contributed by atoms with Gasteiger partial charge in [0.25, 0.3) is 0 Å². The molecule has 1 atom stereocenters. The van der Waals surface area contributed by atoms with Crippen molar-refractivity contribution in [3.05, 3.63) is 28.2 Å². The SMILES string of the molecule is O=C1CCC(Sc2cc(Cl)cc(Cl)c2)C1. The number of carbonyl (C=O) groups is 1. The minimum absolute atomic E-state index is 0.362. The molecule has 2 rings (SSSR count). The van der Waals surface area contributed by atoms with Gasteiger partial charge in [-0.2, -0.15) is 0 Å². The Kier molecular flexibility index (Phi) is 3.60. The van der Waals surface area contributed by atoms with Crippen LogP contribution in [0.2, 0.25) is 10.0 Å². The van der Waals surface area contributed by atoms with Gasteiger partial charge in [0.1, 0.15) is 5.78 Å². The molecule has 0 bridgehead atoms. The zero-order chi connectivity index (χ0) is 10.8. The Labute approximate surface area is 103 Å². The van der Waals surface area contributed by atoms with Crippen molar-refractivity contribution >= 4 is 40.7 Å². The van der Waals surface area contributed by atoms with E-state index in [1.165, 1.54) is 0 Å². The van der Waals surface area contributed by atoms with Gasteiger partial charge in [-0.15, -0.1) is 11.8 Å². The maximum absolute atomic E-state index is 11.1. The highest BCUT2D eigenvalue weighted by Crippen LogP contribution is 2.35. The summed E-state index contributed by atoms with van der Waals surface area (Å²) in [6.07, 6.45) is 2.36. The van der Waals surface area contributed by atoms with Crippen LogP contribution in [-0.2, 0) is 4.79 Å². The van der Waals surface area contributed by atoms with Crippen LogP contribution < -0.4 is 0 Å². The van der Waals surface area contributed by atoms with Gasteiger partial charge in [-0.05, 0) is 24.6 Å². The lowest BCUT2D eigenvalue weighted by atomic mass is 10.3. The Bertz CT molecular complexity index is 372. The van der Waals surface area contributed by atoms with Gasteiger partial charge >= 0.3 is 0 Å². The number of halogens is 2. The molecule has 80 valence electrons. The van der Waals surface area contributed by atoms with Crippen LogP contribution in [0.25, 0.3) is 0 Å². The summed E-state index contributed by atoms with van der Waals surface area (Å²) in [6, 6.07) is 5.49. The summed E-state index contributed by atoms with van der Waals surface area (Å²) in [4.78, 5) is 12.2. The Hall–Kier alpha value is -0.180. The number of ketones is 1. The zero-order valence-corrected chi connectivity index (χ0v) is 10.3. The molecule has 0 heterocycles. The molecule has 1 fully saturated rings. The predicted molar refractivity (Wildman–Crippen MR) is 65.0 cm³/mol. The van der Waals surface area contributed by atoms with E-state index >= 15 is 0 Å². The molecule has 4 heteroatoms. The van der Waals surface area contributed by atoms with Crippen molar-refractivity contribution in [2.45, 2.75) is 29.4 Å².